The SMILES string of the molecule is CC(Cn1c(Cc2ccc(F)cc2)nc2ccccc21)C(N)=S. The van der Waals surface area contributed by atoms with Crippen molar-refractivity contribution in [2.75, 3.05) is 0 Å². The molecule has 1 aromatic heterocycles. The molecular weight excluding hydrogens is 309 g/mol. The molecule has 2 aromatic carbocycles. The minimum atomic E-state index is -0.232. The Balaban J connectivity index is 2.00. The molecule has 0 aliphatic carbocycles. The van der Waals surface area contributed by atoms with Crippen LogP contribution in [0.3, 0.4) is 0 Å². The Morgan fingerprint density at radius 2 is 1.91 bits per heavy atom. The Kier molecular flexibility index (Phi) is 4.39. The molecule has 0 saturated carbocycles. The Hall–Kier alpha value is -2.27. The van der Waals surface area contributed by atoms with Crippen LogP contribution in [0.15, 0.2) is 48.5 Å². The van der Waals surface area contributed by atoms with Crippen LogP contribution in [0.25, 0.3) is 11.0 Å². The molecule has 1 heterocycles. The fraction of sp³-hybridized carbons (Fsp3) is 0.222. The van der Waals surface area contributed by atoms with Crippen molar-refractivity contribution in [3.63, 3.8) is 0 Å². The first-order valence-electron chi connectivity index (χ1n) is 7.52. The van der Waals surface area contributed by atoms with E-state index in [4.69, 9.17) is 22.9 Å². The van der Waals surface area contributed by atoms with Gasteiger partial charge in [-0.15, -0.1) is 0 Å². The lowest BCUT2D eigenvalue weighted by atomic mass is 10.1. The molecule has 0 aliphatic rings. The number of rotatable bonds is 5. The van der Waals surface area contributed by atoms with E-state index in [2.05, 4.69) is 4.57 Å². The monoisotopic (exact) mass is 327 g/mol. The molecule has 0 radical (unpaired) electrons. The van der Waals surface area contributed by atoms with Gasteiger partial charge in [0.1, 0.15) is 11.6 Å². The molecule has 0 amide bonds. The molecule has 3 rings (SSSR count). The summed E-state index contributed by atoms with van der Waals surface area (Å²) in [6.07, 6.45) is 0.638. The zero-order chi connectivity index (χ0) is 16.4. The van der Waals surface area contributed by atoms with Crippen LogP contribution in [0.2, 0.25) is 0 Å². The van der Waals surface area contributed by atoms with E-state index < -0.39 is 0 Å². The van der Waals surface area contributed by atoms with Crippen LogP contribution in [0.4, 0.5) is 4.39 Å². The van der Waals surface area contributed by atoms with Crippen LogP contribution < -0.4 is 5.73 Å². The Morgan fingerprint density at radius 3 is 2.61 bits per heavy atom. The van der Waals surface area contributed by atoms with Gasteiger partial charge < -0.3 is 10.3 Å². The molecule has 3 nitrogen and oxygen atoms in total. The first-order chi connectivity index (χ1) is 11.0. The minimum absolute atomic E-state index is 0.0783. The van der Waals surface area contributed by atoms with Gasteiger partial charge in [0, 0.05) is 18.9 Å². The van der Waals surface area contributed by atoms with Gasteiger partial charge in [0.05, 0.1) is 16.0 Å². The van der Waals surface area contributed by atoms with Gasteiger partial charge in [-0.2, -0.15) is 0 Å². The van der Waals surface area contributed by atoms with Crippen LogP contribution in [-0.2, 0) is 13.0 Å². The molecule has 0 bridgehead atoms. The average Bonchev–Trinajstić information content (AvgIpc) is 2.87. The maximum absolute atomic E-state index is 13.1. The van der Waals surface area contributed by atoms with Crippen molar-refractivity contribution in [2.24, 2.45) is 11.7 Å². The normalized spacial score (nSPS) is 12.4. The standard InChI is InChI=1S/C18H18FN3S/c1-12(18(20)23)11-22-16-5-3-2-4-15(16)21-17(22)10-13-6-8-14(19)9-7-13/h2-9,12H,10-11H2,1H3,(H2,20,23). The van der Waals surface area contributed by atoms with E-state index in [0.717, 1.165) is 22.4 Å². The number of fused-ring (bicyclic) bond motifs is 1. The predicted molar refractivity (Wildman–Crippen MR) is 94.9 cm³/mol. The van der Waals surface area contributed by atoms with E-state index in [1.54, 1.807) is 12.1 Å². The minimum Gasteiger partial charge on any atom is -0.393 e. The van der Waals surface area contributed by atoms with Gasteiger partial charge in [-0.3, -0.25) is 0 Å². The van der Waals surface area contributed by atoms with Crippen LogP contribution >= 0.6 is 12.2 Å². The summed E-state index contributed by atoms with van der Waals surface area (Å²) < 4.78 is 15.2. The third-order valence-corrected chi connectivity index (χ3v) is 4.35. The van der Waals surface area contributed by atoms with Gasteiger partial charge >= 0.3 is 0 Å². The molecule has 0 spiro atoms. The van der Waals surface area contributed by atoms with E-state index in [-0.39, 0.29) is 11.7 Å². The predicted octanol–water partition coefficient (Wildman–Crippen LogP) is 3.69. The summed E-state index contributed by atoms with van der Waals surface area (Å²) in [6.45, 7) is 2.70. The smallest absolute Gasteiger partial charge is 0.123 e. The number of halogens is 1. The molecule has 0 aliphatic heterocycles. The number of nitrogens with two attached hydrogens (primary N) is 1. The van der Waals surface area contributed by atoms with Crippen LogP contribution in [0, 0.1) is 11.7 Å². The summed E-state index contributed by atoms with van der Waals surface area (Å²) in [5.74, 6) is 0.778. The van der Waals surface area contributed by atoms with Crippen LogP contribution in [-0.4, -0.2) is 14.5 Å². The van der Waals surface area contributed by atoms with E-state index >= 15 is 0 Å². The van der Waals surface area contributed by atoms with Crippen molar-refractivity contribution in [1.82, 2.24) is 9.55 Å². The van der Waals surface area contributed by atoms with Crippen molar-refractivity contribution in [3.8, 4) is 0 Å². The van der Waals surface area contributed by atoms with Crippen LogP contribution in [0.1, 0.15) is 18.3 Å². The van der Waals surface area contributed by atoms with Crippen molar-refractivity contribution in [1.29, 1.82) is 0 Å². The summed E-state index contributed by atoms with van der Waals surface area (Å²) in [5, 5.41) is 0. The Morgan fingerprint density at radius 1 is 1.22 bits per heavy atom. The van der Waals surface area contributed by atoms with Crippen molar-refractivity contribution in [2.45, 2.75) is 19.9 Å². The third-order valence-electron chi connectivity index (χ3n) is 3.95. The van der Waals surface area contributed by atoms with Gasteiger partial charge in [0.25, 0.3) is 0 Å². The average molecular weight is 327 g/mol. The Bertz CT molecular complexity index is 839. The molecular formula is C18H18FN3S. The molecule has 2 N–H and O–H groups in total. The Labute approximate surface area is 139 Å². The fourth-order valence-corrected chi connectivity index (χ4v) is 2.69. The van der Waals surface area contributed by atoms with Crippen molar-refractivity contribution >= 4 is 28.2 Å². The van der Waals surface area contributed by atoms with Crippen molar-refractivity contribution in [3.05, 3.63) is 65.7 Å². The van der Waals surface area contributed by atoms with Gasteiger partial charge in [-0.05, 0) is 29.8 Å². The number of aromatic nitrogens is 2. The number of thiocarbonyl (C=S) groups is 1. The lowest BCUT2D eigenvalue weighted by Crippen LogP contribution is -2.23. The molecule has 3 aromatic rings. The number of nitrogens with zero attached hydrogens (tertiary/aromatic N) is 2. The molecule has 1 unspecified atom stereocenters. The first-order valence-corrected chi connectivity index (χ1v) is 7.93. The summed E-state index contributed by atoms with van der Waals surface area (Å²) in [5.41, 5.74) is 8.80. The fourth-order valence-electron chi connectivity index (χ4n) is 2.61. The topological polar surface area (TPSA) is 43.8 Å². The summed E-state index contributed by atoms with van der Waals surface area (Å²) in [4.78, 5) is 5.22. The second-order valence-electron chi connectivity index (χ2n) is 5.73. The van der Waals surface area contributed by atoms with E-state index in [1.165, 1.54) is 12.1 Å². The highest BCUT2D eigenvalue weighted by Crippen LogP contribution is 2.20. The summed E-state index contributed by atoms with van der Waals surface area (Å²) >= 11 is 5.10. The van der Waals surface area contributed by atoms with Crippen molar-refractivity contribution < 1.29 is 4.39 Å². The molecule has 23 heavy (non-hydrogen) atoms. The van der Waals surface area contributed by atoms with E-state index in [0.29, 0.717) is 18.0 Å². The first kappa shape index (κ1) is 15.6. The molecule has 5 heteroatoms. The zero-order valence-electron chi connectivity index (χ0n) is 12.9. The third kappa shape index (κ3) is 3.40. The molecule has 1 atom stereocenters. The highest BCUT2D eigenvalue weighted by Gasteiger charge is 2.15. The number of imidazole rings is 1. The number of hydrogen-bond acceptors (Lipinski definition) is 2. The quantitative estimate of drug-likeness (QED) is 0.727. The van der Waals surface area contributed by atoms with Gasteiger partial charge in [-0.1, -0.05) is 43.4 Å². The maximum Gasteiger partial charge on any atom is 0.123 e. The highest BCUT2D eigenvalue weighted by molar-refractivity contribution is 7.80. The summed E-state index contributed by atoms with van der Waals surface area (Å²) in [7, 11) is 0. The maximum atomic E-state index is 13.1. The lowest BCUT2D eigenvalue weighted by molar-refractivity contribution is 0.591. The number of hydrogen-bond donors (Lipinski definition) is 1. The van der Waals surface area contributed by atoms with Gasteiger partial charge in [0.15, 0.2) is 0 Å². The zero-order valence-corrected chi connectivity index (χ0v) is 13.7. The second kappa shape index (κ2) is 6.46. The molecule has 0 fully saturated rings. The molecule has 118 valence electrons. The summed E-state index contributed by atoms with van der Waals surface area (Å²) in [6, 6.07) is 14.5. The number of para-hydroxylation sites is 2. The van der Waals surface area contributed by atoms with Gasteiger partial charge in [0.2, 0.25) is 0 Å². The lowest BCUT2D eigenvalue weighted by Gasteiger charge is -2.14. The largest absolute Gasteiger partial charge is 0.393 e. The second-order valence-corrected chi connectivity index (χ2v) is 6.21. The van der Waals surface area contributed by atoms with Gasteiger partial charge in [-0.25, -0.2) is 9.37 Å². The van der Waals surface area contributed by atoms with Crippen LogP contribution in [0.5, 0.6) is 0 Å². The number of benzene rings is 2. The molecule has 0 saturated heterocycles. The van der Waals surface area contributed by atoms with E-state index in [1.807, 2.05) is 31.2 Å². The highest BCUT2D eigenvalue weighted by atomic mass is 32.1. The van der Waals surface area contributed by atoms with E-state index in [9.17, 15) is 4.39 Å².